The van der Waals surface area contributed by atoms with Gasteiger partial charge in [-0.25, -0.2) is 0 Å². The molecule has 1 atom stereocenters. The third kappa shape index (κ3) is 2.76. The summed E-state index contributed by atoms with van der Waals surface area (Å²) in [5.74, 6) is 0.710. The molecule has 0 radical (unpaired) electrons. The summed E-state index contributed by atoms with van der Waals surface area (Å²) < 4.78 is 5.00. The zero-order valence-electron chi connectivity index (χ0n) is 7.00. The van der Waals surface area contributed by atoms with Crippen molar-refractivity contribution in [2.45, 2.75) is 6.42 Å². The Morgan fingerprint density at radius 1 is 1.46 bits per heavy atom. The molecule has 0 aromatic heterocycles. The third-order valence-electron chi connectivity index (χ3n) is 1.73. The second-order valence-electron chi connectivity index (χ2n) is 2.65. The molecule has 13 heavy (non-hydrogen) atoms. The maximum absolute atomic E-state index is 11.2. The van der Waals surface area contributed by atoms with Gasteiger partial charge in [-0.2, -0.15) is 0 Å². The number of hydrogen-bond acceptors (Lipinski definition) is 3. The fourth-order valence-electron chi connectivity index (χ4n) is 0.998. The number of nitrogens with one attached hydrogen (secondary N) is 2. The monoisotopic (exact) mass is 182 g/mol. The normalized spacial score (nSPS) is 20.4. The highest BCUT2D eigenvalue weighted by Crippen LogP contribution is 2.11. The fraction of sp³-hybridized carbons (Fsp3) is 0.500. The first-order valence-electron chi connectivity index (χ1n) is 3.88. The Hall–Kier alpha value is -1.54. The van der Waals surface area contributed by atoms with Gasteiger partial charge in [-0.1, -0.05) is 0 Å². The number of ether oxygens (including phenoxy) is 1. The average molecular weight is 182 g/mol. The second-order valence-corrected chi connectivity index (χ2v) is 2.65. The van der Waals surface area contributed by atoms with E-state index >= 15 is 0 Å². The van der Waals surface area contributed by atoms with E-state index in [1.807, 2.05) is 5.92 Å². The summed E-state index contributed by atoms with van der Waals surface area (Å²) in [6.45, 7) is 0.985. The van der Waals surface area contributed by atoms with Crippen LogP contribution in [0, 0.1) is 18.3 Å². The fourth-order valence-corrected chi connectivity index (χ4v) is 0.998. The van der Waals surface area contributed by atoms with Gasteiger partial charge in [0.1, 0.15) is 0 Å². The van der Waals surface area contributed by atoms with Gasteiger partial charge in [0, 0.05) is 6.61 Å². The summed E-state index contributed by atoms with van der Waals surface area (Å²) in [5, 5.41) is 0. The molecule has 0 saturated carbocycles. The third-order valence-corrected chi connectivity index (χ3v) is 1.73. The zero-order valence-corrected chi connectivity index (χ0v) is 7.00. The van der Waals surface area contributed by atoms with Crippen molar-refractivity contribution in [2.24, 2.45) is 5.92 Å². The van der Waals surface area contributed by atoms with Crippen LogP contribution in [-0.4, -0.2) is 25.0 Å². The van der Waals surface area contributed by atoms with E-state index in [9.17, 15) is 9.59 Å². The molecule has 0 aliphatic carbocycles. The minimum Gasteiger partial charge on any atom is -0.381 e. The van der Waals surface area contributed by atoms with Gasteiger partial charge < -0.3 is 4.74 Å². The van der Waals surface area contributed by atoms with Crippen LogP contribution in [0.3, 0.4) is 0 Å². The molecule has 5 nitrogen and oxygen atoms in total. The lowest BCUT2D eigenvalue weighted by Crippen LogP contribution is -2.44. The molecule has 0 aromatic rings. The number of hydrazine groups is 1. The first-order chi connectivity index (χ1) is 6.24. The number of terminal acetylenes is 1. The smallest absolute Gasteiger partial charge is 0.314 e. The Kier molecular flexibility index (Phi) is 3.29. The number of carbonyl (C=O) groups is 2. The first-order valence-corrected chi connectivity index (χ1v) is 3.88. The van der Waals surface area contributed by atoms with Crippen LogP contribution < -0.4 is 10.9 Å². The van der Waals surface area contributed by atoms with Crippen molar-refractivity contribution in [3.8, 4) is 12.3 Å². The van der Waals surface area contributed by atoms with E-state index in [1.54, 1.807) is 0 Å². The Labute approximate surface area is 75.8 Å². The molecule has 0 spiro atoms. The molecule has 1 rings (SSSR count). The van der Waals surface area contributed by atoms with Gasteiger partial charge in [0.15, 0.2) is 0 Å². The zero-order chi connectivity index (χ0) is 9.68. The molecule has 1 heterocycles. The highest BCUT2D eigenvalue weighted by Gasteiger charge is 2.23. The summed E-state index contributed by atoms with van der Waals surface area (Å²) in [4.78, 5) is 21.7. The van der Waals surface area contributed by atoms with E-state index in [2.05, 4.69) is 10.9 Å². The van der Waals surface area contributed by atoms with E-state index in [4.69, 9.17) is 11.2 Å². The molecule has 5 heteroatoms. The highest BCUT2D eigenvalue weighted by atomic mass is 16.5. The van der Waals surface area contributed by atoms with Gasteiger partial charge >= 0.3 is 5.91 Å². The maximum atomic E-state index is 11.2. The van der Waals surface area contributed by atoms with Gasteiger partial charge in [0.2, 0.25) is 5.91 Å². The molecule has 0 aromatic carbocycles. The van der Waals surface area contributed by atoms with Crippen molar-refractivity contribution < 1.29 is 14.3 Å². The second kappa shape index (κ2) is 4.48. The topological polar surface area (TPSA) is 67.4 Å². The summed E-state index contributed by atoms with van der Waals surface area (Å²) in [6.07, 6.45) is 5.45. The molecule has 2 amide bonds. The predicted molar refractivity (Wildman–Crippen MR) is 44.0 cm³/mol. The molecular formula is C8H10N2O3. The lowest BCUT2D eigenvalue weighted by Gasteiger charge is -2.07. The lowest BCUT2D eigenvalue weighted by atomic mass is 10.1. The Balaban J connectivity index is 2.25. The van der Waals surface area contributed by atoms with Crippen LogP contribution in [0.4, 0.5) is 0 Å². The molecule has 1 unspecified atom stereocenters. The standard InChI is InChI=1S/C8H10N2O3/c1-2-7(11)9-10-8(12)6-3-4-13-5-6/h1,6H,3-5H2,(H,9,11)(H,10,12). The van der Waals surface area contributed by atoms with Crippen molar-refractivity contribution in [3.63, 3.8) is 0 Å². The van der Waals surface area contributed by atoms with Crippen LogP contribution in [0.5, 0.6) is 0 Å². The minimum atomic E-state index is -0.660. The number of amides is 2. The largest absolute Gasteiger partial charge is 0.381 e. The molecule has 1 fully saturated rings. The number of rotatable bonds is 1. The lowest BCUT2D eigenvalue weighted by molar-refractivity contribution is -0.129. The van der Waals surface area contributed by atoms with E-state index < -0.39 is 5.91 Å². The first kappa shape index (κ1) is 9.55. The van der Waals surface area contributed by atoms with Crippen LogP contribution in [0.25, 0.3) is 0 Å². The van der Waals surface area contributed by atoms with E-state index in [0.29, 0.717) is 19.6 Å². The minimum absolute atomic E-state index is 0.182. The van der Waals surface area contributed by atoms with Crippen LogP contribution in [0.1, 0.15) is 6.42 Å². The molecule has 1 aliphatic heterocycles. The van der Waals surface area contributed by atoms with Gasteiger partial charge in [-0.15, -0.1) is 6.42 Å². The van der Waals surface area contributed by atoms with E-state index in [0.717, 1.165) is 0 Å². The van der Waals surface area contributed by atoms with Gasteiger partial charge in [0.25, 0.3) is 0 Å². The molecule has 1 aliphatic rings. The average Bonchev–Trinajstić information content (AvgIpc) is 2.66. The van der Waals surface area contributed by atoms with Crippen molar-refractivity contribution >= 4 is 11.8 Å². The van der Waals surface area contributed by atoms with Crippen molar-refractivity contribution in [3.05, 3.63) is 0 Å². The number of carbonyl (C=O) groups excluding carboxylic acids is 2. The van der Waals surface area contributed by atoms with Gasteiger partial charge in [-0.05, 0) is 12.3 Å². The molecule has 0 bridgehead atoms. The van der Waals surface area contributed by atoms with Crippen LogP contribution in [0.15, 0.2) is 0 Å². The van der Waals surface area contributed by atoms with Gasteiger partial charge in [-0.3, -0.25) is 20.4 Å². The Morgan fingerprint density at radius 3 is 2.77 bits per heavy atom. The Morgan fingerprint density at radius 2 is 2.23 bits per heavy atom. The van der Waals surface area contributed by atoms with Crippen molar-refractivity contribution in [1.29, 1.82) is 0 Å². The van der Waals surface area contributed by atoms with Crippen LogP contribution in [-0.2, 0) is 14.3 Å². The molecule has 2 N–H and O–H groups in total. The highest BCUT2D eigenvalue weighted by molar-refractivity contribution is 5.94. The summed E-state index contributed by atoms with van der Waals surface area (Å²) >= 11 is 0. The molecular weight excluding hydrogens is 172 g/mol. The van der Waals surface area contributed by atoms with Crippen molar-refractivity contribution in [2.75, 3.05) is 13.2 Å². The van der Waals surface area contributed by atoms with Gasteiger partial charge in [0.05, 0.1) is 12.5 Å². The van der Waals surface area contributed by atoms with E-state index in [1.165, 1.54) is 0 Å². The summed E-state index contributed by atoms with van der Waals surface area (Å²) in [6, 6.07) is 0. The van der Waals surface area contributed by atoms with Crippen LogP contribution in [0.2, 0.25) is 0 Å². The van der Waals surface area contributed by atoms with Crippen molar-refractivity contribution in [1.82, 2.24) is 10.9 Å². The molecule has 70 valence electrons. The molecule has 1 saturated heterocycles. The SMILES string of the molecule is C#CC(=O)NNC(=O)C1CCOC1. The number of hydrogen-bond donors (Lipinski definition) is 2. The van der Waals surface area contributed by atoms with Crippen LogP contribution >= 0.6 is 0 Å². The summed E-state index contributed by atoms with van der Waals surface area (Å²) in [5.41, 5.74) is 4.29. The predicted octanol–water partition coefficient (Wildman–Crippen LogP) is -1.20. The quantitative estimate of drug-likeness (QED) is 0.395. The van der Waals surface area contributed by atoms with E-state index in [-0.39, 0.29) is 11.8 Å². The Bertz CT molecular complexity index is 251. The maximum Gasteiger partial charge on any atom is 0.314 e. The summed E-state index contributed by atoms with van der Waals surface area (Å²) in [7, 11) is 0.